The zero-order valence-electron chi connectivity index (χ0n) is 14.2. The van der Waals surface area contributed by atoms with Crippen LogP contribution in [0.2, 0.25) is 0 Å². The number of ether oxygens (including phenoxy) is 1. The van der Waals surface area contributed by atoms with Crippen LogP contribution in [0.3, 0.4) is 0 Å². The Labute approximate surface area is 151 Å². The molecule has 1 aliphatic rings. The Hall–Kier alpha value is -2.92. The van der Waals surface area contributed by atoms with Crippen molar-refractivity contribution in [2.24, 2.45) is 0 Å². The van der Waals surface area contributed by atoms with Gasteiger partial charge in [0.1, 0.15) is 17.4 Å². The van der Waals surface area contributed by atoms with Crippen LogP contribution in [0.4, 0.5) is 0 Å². The maximum atomic E-state index is 12.5. The first kappa shape index (κ1) is 17.9. The van der Waals surface area contributed by atoms with Crippen molar-refractivity contribution >= 4 is 11.8 Å². The molecule has 0 saturated carbocycles. The van der Waals surface area contributed by atoms with E-state index in [0.717, 1.165) is 11.1 Å². The highest BCUT2D eigenvalue weighted by Crippen LogP contribution is 2.25. The van der Waals surface area contributed by atoms with E-state index in [4.69, 9.17) is 4.74 Å². The van der Waals surface area contributed by atoms with Crippen molar-refractivity contribution in [3.63, 3.8) is 0 Å². The number of hydrogen-bond acceptors (Lipinski definition) is 5. The number of rotatable bonds is 6. The summed E-state index contributed by atoms with van der Waals surface area (Å²) >= 11 is 0. The van der Waals surface area contributed by atoms with Crippen LogP contribution in [-0.2, 0) is 27.2 Å². The number of ketones is 1. The number of carbonyl (C=O) groups excluding carboxylic acids is 2. The number of aryl methyl sites for hydroxylation is 1. The molecule has 0 bridgehead atoms. The van der Waals surface area contributed by atoms with Crippen molar-refractivity contribution in [3.05, 3.63) is 83.1 Å². The molecule has 2 aromatic carbocycles. The predicted molar refractivity (Wildman–Crippen MR) is 95.5 cm³/mol. The van der Waals surface area contributed by atoms with E-state index < -0.39 is 35.3 Å². The van der Waals surface area contributed by atoms with Gasteiger partial charge in [-0.25, -0.2) is 4.79 Å². The molecule has 0 aromatic heterocycles. The van der Waals surface area contributed by atoms with Crippen molar-refractivity contribution in [3.8, 4) is 0 Å². The Morgan fingerprint density at radius 1 is 0.962 bits per heavy atom. The van der Waals surface area contributed by atoms with Crippen molar-refractivity contribution in [1.29, 1.82) is 0 Å². The molecule has 2 N–H and O–H groups in total. The van der Waals surface area contributed by atoms with Gasteiger partial charge in [-0.05, 0) is 24.0 Å². The molecule has 1 aliphatic heterocycles. The van der Waals surface area contributed by atoms with E-state index in [0.29, 0.717) is 12.8 Å². The van der Waals surface area contributed by atoms with E-state index in [1.165, 1.54) is 0 Å². The second-order valence-corrected chi connectivity index (χ2v) is 6.25. The van der Waals surface area contributed by atoms with Gasteiger partial charge in [-0.2, -0.15) is 0 Å². The Morgan fingerprint density at radius 3 is 2.15 bits per heavy atom. The number of esters is 1. The van der Waals surface area contributed by atoms with Crippen LogP contribution in [0.25, 0.3) is 0 Å². The lowest BCUT2D eigenvalue weighted by Crippen LogP contribution is -2.21. The highest BCUT2D eigenvalue weighted by atomic mass is 16.6. The lowest BCUT2D eigenvalue weighted by molar-refractivity contribution is -0.141. The number of Topliss-reactive ketones (excluding diaryl/α,β-unsaturated/α-hetero) is 1. The molecule has 5 heteroatoms. The maximum absolute atomic E-state index is 12.5. The molecular weight excluding hydrogens is 332 g/mol. The third kappa shape index (κ3) is 4.00. The number of cyclic esters (lactones) is 1. The van der Waals surface area contributed by atoms with Crippen LogP contribution in [-0.4, -0.2) is 34.2 Å². The molecule has 1 heterocycles. The third-order valence-electron chi connectivity index (χ3n) is 4.37. The van der Waals surface area contributed by atoms with Crippen LogP contribution in [0.5, 0.6) is 0 Å². The lowest BCUT2D eigenvalue weighted by atomic mass is 9.99. The molecule has 0 unspecified atom stereocenters. The molecule has 26 heavy (non-hydrogen) atoms. The molecule has 2 aromatic rings. The summed E-state index contributed by atoms with van der Waals surface area (Å²) in [7, 11) is 0. The molecule has 0 amide bonds. The summed E-state index contributed by atoms with van der Waals surface area (Å²) in [6.45, 7) is 0. The fourth-order valence-electron chi connectivity index (χ4n) is 2.97. The van der Waals surface area contributed by atoms with Gasteiger partial charge in [0.05, 0.1) is 0 Å². The SMILES string of the molecule is O=C1O[C@@H](CCc2ccccc2)C(=O)C1=C(O)[C@H](O)Cc1ccccc1. The van der Waals surface area contributed by atoms with Gasteiger partial charge < -0.3 is 14.9 Å². The minimum absolute atomic E-state index is 0.103. The number of benzene rings is 2. The third-order valence-corrected chi connectivity index (χ3v) is 4.37. The molecule has 3 rings (SSSR count). The monoisotopic (exact) mass is 352 g/mol. The van der Waals surface area contributed by atoms with Crippen LogP contribution in [0.15, 0.2) is 72.0 Å². The number of carbonyl (C=O) groups is 2. The minimum Gasteiger partial charge on any atom is -0.508 e. The Kier molecular flexibility index (Phi) is 5.49. The standard InChI is InChI=1S/C21H20O5/c22-16(13-15-9-5-2-6-10-15)19(23)18-20(24)17(26-21(18)25)12-11-14-7-3-1-4-8-14/h1-10,16-17,22-23H,11-13H2/t16-,17+/m1/s1. The van der Waals surface area contributed by atoms with E-state index in [-0.39, 0.29) is 6.42 Å². The number of aliphatic hydroxyl groups is 2. The lowest BCUT2D eigenvalue weighted by Gasteiger charge is -2.11. The molecule has 1 fully saturated rings. The fraction of sp³-hybridized carbons (Fsp3) is 0.238. The number of hydrogen-bond donors (Lipinski definition) is 2. The smallest absolute Gasteiger partial charge is 0.346 e. The fourth-order valence-corrected chi connectivity index (χ4v) is 2.97. The summed E-state index contributed by atoms with van der Waals surface area (Å²) in [5, 5.41) is 20.4. The van der Waals surface area contributed by atoms with E-state index in [2.05, 4.69) is 0 Å². The first-order valence-corrected chi connectivity index (χ1v) is 8.50. The van der Waals surface area contributed by atoms with Crippen LogP contribution in [0.1, 0.15) is 17.5 Å². The molecule has 5 nitrogen and oxygen atoms in total. The van der Waals surface area contributed by atoms with E-state index >= 15 is 0 Å². The van der Waals surface area contributed by atoms with Crippen LogP contribution in [0, 0.1) is 0 Å². The summed E-state index contributed by atoms with van der Waals surface area (Å²) < 4.78 is 5.11. The van der Waals surface area contributed by atoms with Gasteiger partial charge >= 0.3 is 5.97 Å². The topological polar surface area (TPSA) is 83.8 Å². The van der Waals surface area contributed by atoms with Gasteiger partial charge in [-0.3, -0.25) is 4.79 Å². The van der Waals surface area contributed by atoms with Gasteiger partial charge in [0.2, 0.25) is 5.78 Å². The zero-order chi connectivity index (χ0) is 18.5. The largest absolute Gasteiger partial charge is 0.508 e. The van der Waals surface area contributed by atoms with Gasteiger partial charge in [0.15, 0.2) is 6.10 Å². The highest BCUT2D eigenvalue weighted by molar-refractivity contribution is 6.23. The van der Waals surface area contributed by atoms with Crippen LogP contribution >= 0.6 is 0 Å². The van der Waals surface area contributed by atoms with E-state index in [1.54, 1.807) is 24.3 Å². The van der Waals surface area contributed by atoms with Crippen molar-refractivity contribution in [1.82, 2.24) is 0 Å². The molecule has 0 aliphatic carbocycles. The summed E-state index contributed by atoms with van der Waals surface area (Å²) in [4.78, 5) is 24.5. The van der Waals surface area contributed by atoms with Gasteiger partial charge in [-0.1, -0.05) is 60.7 Å². The Morgan fingerprint density at radius 2 is 1.54 bits per heavy atom. The molecule has 1 saturated heterocycles. The molecule has 2 atom stereocenters. The van der Waals surface area contributed by atoms with Gasteiger partial charge in [-0.15, -0.1) is 0 Å². The van der Waals surface area contributed by atoms with Gasteiger partial charge in [0, 0.05) is 6.42 Å². The normalized spacial score (nSPS) is 20.0. The van der Waals surface area contributed by atoms with Crippen molar-refractivity contribution < 1.29 is 24.5 Å². The second kappa shape index (κ2) is 7.97. The summed E-state index contributed by atoms with van der Waals surface area (Å²) in [5.41, 5.74) is 1.38. The summed E-state index contributed by atoms with van der Waals surface area (Å²) in [6.07, 6.45) is -1.25. The average Bonchev–Trinajstić information content (AvgIpc) is 2.94. The van der Waals surface area contributed by atoms with E-state index in [9.17, 15) is 19.8 Å². The molecule has 0 radical (unpaired) electrons. The van der Waals surface area contributed by atoms with E-state index in [1.807, 2.05) is 36.4 Å². The quantitative estimate of drug-likeness (QED) is 0.361. The Balaban J connectivity index is 1.69. The first-order valence-electron chi connectivity index (χ1n) is 8.50. The zero-order valence-corrected chi connectivity index (χ0v) is 14.2. The summed E-state index contributed by atoms with van der Waals surface area (Å²) in [6, 6.07) is 18.6. The molecular formula is C21H20O5. The Bertz CT molecular complexity index is 811. The first-order chi connectivity index (χ1) is 12.6. The highest BCUT2D eigenvalue weighted by Gasteiger charge is 2.41. The second-order valence-electron chi connectivity index (χ2n) is 6.25. The van der Waals surface area contributed by atoms with Crippen LogP contribution < -0.4 is 0 Å². The summed E-state index contributed by atoms with van der Waals surface area (Å²) in [5.74, 6) is -2.07. The molecule has 0 spiro atoms. The maximum Gasteiger partial charge on any atom is 0.346 e. The number of aliphatic hydroxyl groups excluding tert-OH is 2. The predicted octanol–water partition coefficient (Wildman–Crippen LogP) is 2.53. The molecule has 134 valence electrons. The van der Waals surface area contributed by atoms with Gasteiger partial charge in [0.25, 0.3) is 0 Å². The minimum atomic E-state index is -1.34. The van der Waals surface area contributed by atoms with Crippen molar-refractivity contribution in [2.75, 3.05) is 0 Å². The van der Waals surface area contributed by atoms with Crippen molar-refractivity contribution in [2.45, 2.75) is 31.5 Å². The average molecular weight is 352 g/mol.